The van der Waals surface area contributed by atoms with Crippen LogP contribution in [0.3, 0.4) is 0 Å². The number of halogens is 1. The molecule has 6 heteroatoms. The van der Waals surface area contributed by atoms with E-state index in [1.807, 2.05) is 0 Å². The fourth-order valence-electron chi connectivity index (χ4n) is 5.04. The maximum absolute atomic E-state index is 12.7. The number of hydrazone groups is 1. The number of hydrogen-bond acceptors (Lipinski definition) is 3. The zero-order valence-electron chi connectivity index (χ0n) is 16.1. The van der Waals surface area contributed by atoms with Crippen molar-refractivity contribution in [3.8, 4) is 0 Å². The van der Waals surface area contributed by atoms with Crippen LogP contribution in [0.5, 0.6) is 0 Å². The average molecular weight is 388 g/mol. The van der Waals surface area contributed by atoms with Crippen molar-refractivity contribution >= 4 is 34.8 Å². The van der Waals surface area contributed by atoms with Gasteiger partial charge in [-0.3, -0.25) is 9.59 Å². The van der Waals surface area contributed by atoms with Gasteiger partial charge in [-0.1, -0.05) is 32.4 Å². The van der Waals surface area contributed by atoms with E-state index in [0.717, 1.165) is 25.0 Å². The zero-order valence-corrected chi connectivity index (χ0v) is 16.9. The van der Waals surface area contributed by atoms with Gasteiger partial charge in [0.05, 0.1) is 10.7 Å². The number of amides is 2. The summed E-state index contributed by atoms with van der Waals surface area (Å²) in [5.74, 6) is 0.421. The van der Waals surface area contributed by atoms with Crippen LogP contribution in [0.15, 0.2) is 23.3 Å². The second-order valence-electron chi connectivity index (χ2n) is 8.81. The first-order chi connectivity index (χ1) is 12.7. The van der Waals surface area contributed by atoms with E-state index in [2.05, 4.69) is 31.3 Å². The van der Waals surface area contributed by atoms with E-state index in [1.165, 1.54) is 6.42 Å². The normalized spacial score (nSPS) is 30.4. The SMILES string of the molecule is CC1(C)[C@@H]2CC[C@@]1(C)/C(=N/NC(=O)c1ccc(Cl)c(N3CCCC3=O)c1)C2. The maximum Gasteiger partial charge on any atom is 0.271 e. The van der Waals surface area contributed by atoms with Gasteiger partial charge in [0, 0.05) is 29.7 Å². The van der Waals surface area contributed by atoms with Crippen molar-refractivity contribution in [1.82, 2.24) is 5.43 Å². The van der Waals surface area contributed by atoms with Crippen molar-refractivity contribution < 1.29 is 9.59 Å². The predicted molar refractivity (Wildman–Crippen MR) is 107 cm³/mol. The summed E-state index contributed by atoms with van der Waals surface area (Å²) >= 11 is 6.27. The van der Waals surface area contributed by atoms with E-state index in [1.54, 1.807) is 23.1 Å². The molecule has 1 N–H and O–H groups in total. The number of carbonyl (C=O) groups is 2. The molecule has 3 aliphatic rings. The molecule has 2 atom stereocenters. The molecule has 2 amide bonds. The summed E-state index contributed by atoms with van der Waals surface area (Å²) in [6.45, 7) is 7.53. The Morgan fingerprint density at radius 1 is 1.33 bits per heavy atom. The van der Waals surface area contributed by atoms with Crippen molar-refractivity contribution in [3.05, 3.63) is 28.8 Å². The van der Waals surface area contributed by atoms with Gasteiger partial charge in [0.25, 0.3) is 5.91 Å². The molecule has 2 saturated carbocycles. The van der Waals surface area contributed by atoms with Gasteiger partial charge in [0.1, 0.15) is 0 Å². The third kappa shape index (κ3) is 2.78. The summed E-state index contributed by atoms with van der Waals surface area (Å²) in [7, 11) is 0. The number of fused-ring (bicyclic) bond motifs is 2. The summed E-state index contributed by atoms with van der Waals surface area (Å²) in [5, 5.41) is 5.00. The maximum atomic E-state index is 12.7. The number of anilines is 1. The van der Waals surface area contributed by atoms with Gasteiger partial charge in [0.15, 0.2) is 0 Å². The van der Waals surface area contributed by atoms with Crippen LogP contribution in [0.4, 0.5) is 5.69 Å². The highest BCUT2D eigenvalue weighted by Gasteiger charge is 2.60. The second-order valence-corrected chi connectivity index (χ2v) is 9.22. The van der Waals surface area contributed by atoms with E-state index >= 15 is 0 Å². The zero-order chi connectivity index (χ0) is 19.4. The minimum atomic E-state index is -0.267. The lowest BCUT2D eigenvalue weighted by molar-refractivity contribution is -0.117. The smallest absolute Gasteiger partial charge is 0.271 e. The molecule has 1 aliphatic heterocycles. The van der Waals surface area contributed by atoms with Crippen molar-refractivity contribution in [3.63, 3.8) is 0 Å². The van der Waals surface area contributed by atoms with Crippen LogP contribution >= 0.6 is 11.6 Å². The summed E-state index contributed by atoms with van der Waals surface area (Å²) in [4.78, 5) is 26.3. The lowest BCUT2D eigenvalue weighted by Gasteiger charge is -2.34. The molecule has 144 valence electrons. The monoisotopic (exact) mass is 387 g/mol. The summed E-state index contributed by atoms with van der Waals surface area (Å²) < 4.78 is 0. The third-order valence-corrected chi connectivity index (χ3v) is 7.70. The lowest BCUT2D eigenvalue weighted by atomic mass is 9.70. The quantitative estimate of drug-likeness (QED) is 0.781. The molecular formula is C21H26ClN3O2. The van der Waals surface area contributed by atoms with E-state index < -0.39 is 0 Å². The van der Waals surface area contributed by atoms with Crippen LogP contribution in [0.1, 0.15) is 63.2 Å². The van der Waals surface area contributed by atoms with Crippen LogP contribution in [0.2, 0.25) is 5.02 Å². The van der Waals surface area contributed by atoms with Gasteiger partial charge >= 0.3 is 0 Å². The Kier molecular flexibility index (Phi) is 4.34. The van der Waals surface area contributed by atoms with Crippen molar-refractivity contribution in [2.45, 2.75) is 52.9 Å². The standard InChI is InChI=1S/C21H26ClN3O2/c1-20(2)14-8-9-21(20,3)17(12-14)23-24-19(27)13-6-7-15(22)16(11-13)25-10-4-5-18(25)26/h6-7,11,14H,4-5,8-10,12H2,1-3H3,(H,24,27)/b23-17+/t14-,21+/m1/s1. The Morgan fingerprint density at radius 3 is 2.70 bits per heavy atom. The number of hydrogen-bond donors (Lipinski definition) is 1. The van der Waals surface area contributed by atoms with Crippen LogP contribution in [-0.2, 0) is 4.79 Å². The molecule has 2 bridgehead atoms. The topological polar surface area (TPSA) is 61.8 Å². The molecular weight excluding hydrogens is 362 g/mol. The molecule has 0 unspecified atom stereocenters. The molecule has 0 aromatic heterocycles. The molecule has 1 heterocycles. The number of nitrogens with zero attached hydrogens (tertiary/aromatic N) is 2. The highest BCUT2D eigenvalue weighted by molar-refractivity contribution is 6.34. The van der Waals surface area contributed by atoms with Crippen LogP contribution in [-0.4, -0.2) is 24.1 Å². The van der Waals surface area contributed by atoms with Gasteiger partial charge in [-0.15, -0.1) is 0 Å². The fourth-order valence-corrected chi connectivity index (χ4v) is 5.26. The molecule has 0 radical (unpaired) electrons. The second kappa shape index (κ2) is 6.33. The van der Waals surface area contributed by atoms with E-state index in [0.29, 0.717) is 35.2 Å². The Labute approximate surface area is 165 Å². The summed E-state index contributed by atoms with van der Waals surface area (Å²) in [5.41, 5.74) is 5.18. The number of rotatable bonds is 3. The van der Waals surface area contributed by atoms with Crippen LogP contribution in [0, 0.1) is 16.7 Å². The van der Waals surface area contributed by atoms with Gasteiger partial charge in [-0.25, -0.2) is 5.43 Å². The fraction of sp³-hybridized carbons (Fsp3) is 0.571. The summed E-state index contributed by atoms with van der Waals surface area (Å²) in [6, 6.07) is 5.04. The molecule has 0 spiro atoms. The molecule has 3 fully saturated rings. The molecule has 27 heavy (non-hydrogen) atoms. The van der Waals surface area contributed by atoms with Crippen molar-refractivity contribution in [2.24, 2.45) is 21.8 Å². The average Bonchev–Trinajstić information content (AvgIpc) is 3.20. The van der Waals surface area contributed by atoms with E-state index in [9.17, 15) is 9.59 Å². The first-order valence-corrected chi connectivity index (χ1v) is 10.1. The van der Waals surface area contributed by atoms with Crippen molar-refractivity contribution in [2.75, 3.05) is 11.4 Å². The Bertz CT molecular complexity index is 848. The van der Waals surface area contributed by atoms with Gasteiger partial charge in [-0.2, -0.15) is 5.10 Å². The Balaban J connectivity index is 1.54. The van der Waals surface area contributed by atoms with Crippen LogP contribution in [0.25, 0.3) is 0 Å². The Hall–Kier alpha value is -1.88. The highest BCUT2D eigenvalue weighted by atomic mass is 35.5. The molecule has 1 saturated heterocycles. The minimum Gasteiger partial charge on any atom is -0.311 e. The van der Waals surface area contributed by atoms with Crippen molar-refractivity contribution in [1.29, 1.82) is 0 Å². The van der Waals surface area contributed by atoms with E-state index in [4.69, 9.17) is 11.6 Å². The first kappa shape index (κ1) is 18.5. The summed E-state index contributed by atoms with van der Waals surface area (Å²) in [6.07, 6.45) is 4.66. The number of carbonyl (C=O) groups excluding carboxylic acids is 2. The minimum absolute atomic E-state index is 0.0480. The lowest BCUT2D eigenvalue weighted by Crippen LogP contribution is -2.34. The number of benzene rings is 1. The molecule has 1 aromatic rings. The van der Waals surface area contributed by atoms with Gasteiger partial charge in [-0.05, 0) is 55.2 Å². The van der Waals surface area contributed by atoms with Gasteiger partial charge in [0.2, 0.25) is 5.91 Å². The molecule has 4 rings (SSSR count). The van der Waals surface area contributed by atoms with Crippen LogP contribution < -0.4 is 10.3 Å². The highest BCUT2D eigenvalue weighted by Crippen LogP contribution is 2.63. The number of nitrogens with one attached hydrogen (secondary N) is 1. The first-order valence-electron chi connectivity index (χ1n) is 9.71. The molecule has 5 nitrogen and oxygen atoms in total. The predicted octanol–water partition coefficient (Wildman–Crippen LogP) is 4.40. The molecule has 1 aromatic carbocycles. The van der Waals surface area contributed by atoms with Gasteiger partial charge < -0.3 is 4.90 Å². The Morgan fingerprint density at radius 2 is 2.11 bits per heavy atom. The largest absolute Gasteiger partial charge is 0.311 e. The molecule has 2 aliphatic carbocycles. The third-order valence-electron chi connectivity index (χ3n) is 7.38. The van der Waals surface area contributed by atoms with E-state index in [-0.39, 0.29) is 22.6 Å².